The van der Waals surface area contributed by atoms with Gasteiger partial charge in [-0.2, -0.15) is 30.3 Å². The molecule has 2 aromatic rings. The smallest absolute Gasteiger partial charge is 0.0380 e. The molecule has 2 aromatic carbocycles. The van der Waals surface area contributed by atoms with Crippen molar-refractivity contribution in [2.45, 2.75) is 32.2 Å². The third kappa shape index (κ3) is 4.25. The predicted octanol–water partition coefficient (Wildman–Crippen LogP) is 4.37. The van der Waals surface area contributed by atoms with Crippen LogP contribution in [0.5, 0.6) is 0 Å². The van der Waals surface area contributed by atoms with Gasteiger partial charge in [0, 0.05) is 38.8 Å². The molecule has 1 unspecified atom stereocenters. The molecule has 1 radical (unpaired) electrons. The Hall–Kier alpha value is -0.496. The van der Waals surface area contributed by atoms with Crippen molar-refractivity contribution in [3.05, 3.63) is 71.3 Å². The Kier molecular flexibility index (Phi) is 6.60. The Morgan fingerprint density at radius 1 is 0.857 bits per heavy atom. The van der Waals surface area contributed by atoms with Crippen LogP contribution >= 0.6 is 0 Å². The van der Waals surface area contributed by atoms with Gasteiger partial charge in [0.25, 0.3) is 0 Å². The molecule has 1 fully saturated rings. The summed E-state index contributed by atoms with van der Waals surface area (Å²) < 4.78 is 0. The quantitative estimate of drug-likeness (QED) is 0.741. The van der Waals surface area contributed by atoms with Crippen LogP contribution in [0.25, 0.3) is 0 Å². The van der Waals surface area contributed by atoms with Crippen molar-refractivity contribution < 1.29 is 32.7 Å². The zero-order chi connectivity index (χ0) is 13.8. The van der Waals surface area contributed by atoms with Crippen molar-refractivity contribution in [2.75, 3.05) is 13.1 Å². The minimum atomic E-state index is 0. The Morgan fingerprint density at radius 2 is 1.43 bits per heavy atom. The van der Waals surface area contributed by atoms with Gasteiger partial charge in [-0.3, -0.25) is 4.90 Å². The van der Waals surface area contributed by atoms with Gasteiger partial charge in [-0.1, -0.05) is 36.2 Å². The van der Waals surface area contributed by atoms with Crippen LogP contribution < -0.4 is 0 Å². The van der Waals surface area contributed by atoms with E-state index in [1.165, 1.54) is 49.0 Å². The topological polar surface area (TPSA) is 3.24 Å². The molecule has 0 aliphatic carbocycles. The van der Waals surface area contributed by atoms with Crippen molar-refractivity contribution in [3.8, 4) is 0 Å². The molecular formula is C19H22NY-. The van der Waals surface area contributed by atoms with Crippen LogP contribution in [0.2, 0.25) is 0 Å². The second-order valence-electron chi connectivity index (χ2n) is 5.74. The second kappa shape index (κ2) is 8.22. The zero-order valence-electron chi connectivity index (χ0n) is 12.8. The molecule has 1 saturated heterocycles. The molecule has 0 N–H and O–H groups in total. The van der Waals surface area contributed by atoms with Crippen LogP contribution in [0.1, 0.15) is 42.0 Å². The van der Waals surface area contributed by atoms with Crippen molar-refractivity contribution in [3.63, 3.8) is 0 Å². The summed E-state index contributed by atoms with van der Waals surface area (Å²) in [6, 6.07) is 21.0. The first kappa shape index (κ1) is 16.9. The van der Waals surface area contributed by atoms with Crippen molar-refractivity contribution >= 4 is 0 Å². The summed E-state index contributed by atoms with van der Waals surface area (Å²) in [7, 11) is 0. The molecule has 3 rings (SSSR count). The summed E-state index contributed by atoms with van der Waals surface area (Å²) in [5.74, 6) is 0. The van der Waals surface area contributed by atoms with Gasteiger partial charge in [0.1, 0.15) is 0 Å². The van der Waals surface area contributed by atoms with E-state index in [9.17, 15) is 0 Å². The number of hydrogen-bond acceptors (Lipinski definition) is 1. The maximum atomic E-state index is 3.13. The van der Waals surface area contributed by atoms with E-state index in [2.05, 4.69) is 54.3 Å². The van der Waals surface area contributed by atoms with Gasteiger partial charge in [0.2, 0.25) is 0 Å². The van der Waals surface area contributed by atoms with E-state index < -0.39 is 0 Å². The Morgan fingerprint density at radius 3 is 2.05 bits per heavy atom. The number of likely N-dealkylation sites (tertiary alicyclic amines) is 1. The van der Waals surface area contributed by atoms with Crippen LogP contribution in [0.15, 0.2) is 48.5 Å². The minimum Gasteiger partial charge on any atom is -0.294 e. The summed E-state index contributed by atoms with van der Waals surface area (Å²) in [6.45, 7) is 4.56. The Bertz CT molecular complexity index is 529. The van der Waals surface area contributed by atoms with E-state index in [4.69, 9.17) is 0 Å². The molecule has 21 heavy (non-hydrogen) atoms. The number of rotatable bonds is 3. The van der Waals surface area contributed by atoms with E-state index in [-0.39, 0.29) is 32.7 Å². The van der Waals surface area contributed by atoms with E-state index in [1.807, 2.05) is 12.1 Å². The molecular weight excluding hydrogens is 331 g/mol. The molecule has 0 bridgehead atoms. The second-order valence-corrected chi connectivity index (χ2v) is 5.74. The SMILES string of the molecule is Cc1ccc(C(c2cc[c-]cc2)N2CCCCC2)cc1.[Y]. The van der Waals surface area contributed by atoms with Crippen molar-refractivity contribution in [1.82, 2.24) is 4.90 Å². The molecule has 1 heterocycles. The molecule has 1 nitrogen and oxygen atoms in total. The summed E-state index contributed by atoms with van der Waals surface area (Å²) in [5, 5.41) is 0. The first-order chi connectivity index (χ1) is 9.84. The fraction of sp³-hybridized carbons (Fsp3) is 0.368. The van der Waals surface area contributed by atoms with E-state index >= 15 is 0 Å². The van der Waals surface area contributed by atoms with Crippen LogP contribution in [0.4, 0.5) is 0 Å². The number of nitrogens with zero attached hydrogens (tertiary/aromatic N) is 1. The Labute approximate surface area is 153 Å². The van der Waals surface area contributed by atoms with Gasteiger partial charge in [0.15, 0.2) is 0 Å². The molecule has 107 valence electrons. The van der Waals surface area contributed by atoms with Crippen LogP contribution in [0, 0.1) is 13.0 Å². The van der Waals surface area contributed by atoms with Gasteiger partial charge in [-0.15, -0.1) is 5.56 Å². The summed E-state index contributed by atoms with van der Waals surface area (Å²) >= 11 is 0. The molecule has 1 atom stereocenters. The summed E-state index contributed by atoms with van der Waals surface area (Å²) in [6.07, 6.45) is 4.02. The summed E-state index contributed by atoms with van der Waals surface area (Å²) in [5.41, 5.74) is 4.12. The predicted molar refractivity (Wildman–Crippen MR) is 83.7 cm³/mol. The van der Waals surface area contributed by atoms with Crippen LogP contribution in [-0.4, -0.2) is 18.0 Å². The standard InChI is InChI=1S/C19H22N.Y/c1-16-10-12-18(13-11-16)19(17-8-4-2-5-9-17)20-14-6-3-7-15-20;/h4-5,8-13,19H,3,6-7,14-15H2,1H3;/q-1;. The number of piperidine rings is 1. The minimum absolute atomic E-state index is 0. The molecule has 0 amide bonds. The Balaban J connectivity index is 0.00000161. The molecule has 0 saturated carbocycles. The average Bonchev–Trinajstić information content (AvgIpc) is 2.52. The van der Waals surface area contributed by atoms with E-state index in [0.717, 1.165) is 0 Å². The summed E-state index contributed by atoms with van der Waals surface area (Å²) in [4.78, 5) is 2.63. The number of aryl methyl sites for hydroxylation is 1. The normalized spacial score (nSPS) is 17.0. The van der Waals surface area contributed by atoms with Gasteiger partial charge in [-0.05, 0) is 38.4 Å². The van der Waals surface area contributed by atoms with Crippen LogP contribution in [0.3, 0.4) is 0 Å². The van der Waals surface area contributed by atoms with E-state index in [1.54, 1.807) is 0 Å². The molecule has 0 aromatic heterocycles. The fourth-order valence-electron chi connectivity index (χ4n) is 3.12. The molecule has 2 heteroatoms. The first-order valence-electron chi connectivity index (χ1n) is 7.61. The van der Waals surface area contributed by atoms with Crippen molar-refractivity contribution in [2.24, 2.45) is 0 Å². The number of benzene rings is 2. The maximum absolute atomic E-state index is 3.13. The third-order valence-corrected chi connectivity index (χ3v) is 4.21. The fourth-order valence-corrected chi connectivity index (χ4v) is 3.12. The molecule has 1 aliphatic rings. The average molecular weight is 353 g/mol. The van der Waals surface area contributed by atoms with Crippen LogP contribution in [-0.2, 0) is 32.7 Å². The van der Waals surface area contributed by atoms with Gasteiger partial charge < -0.3 is 0 Å². The maximum Gasteiger partial charge on any atom is 0.0380 e. The zero-order valence-corrected chi connectivity index (χ0v) is 15.6. The van der Waals surface area contributed by atoms with Gasteiger partial charge in [-0.25, -0.2) is 0 Å². The van der Waals surface area contributed by atoms with Gasteiger partial charge in [0.05, 0.1) is 0 Å². The van der Waals surface area contributed by atoms with Gasteiger partial charge >= 0.3 is 0 Å². The van der Waals surface area contributed by atoms with Crippen molar-refractivity contribution in [1.29, 1.82) is 0 Å². The first-order valence-corrected chi connectivity index (χ1v) is 7.61. The third-order valence-electron chi connectivity index (χ3n) is 4.21. The largest absolute Gasteiger partial charge is 0.294 e. The molecule has 1 aliphatic heterocycles. The number of hydrogen-bond donors (Lipinski definition) is 0. The molecule has 0 spiro atoms. The van der Waals surface area contributed by atoms with E-state index in [0.29, 0.717) is 6.04 Å². The monoisotopic (exact) mass is 353 g/mol.